The van der Waals surface area contributed by atoms with Crippen molar-refractivity contribution in [1.29, 1.82) is 0 Å². The summed E-state index contributed by atoms with van der Waals surface area (Å²) in [5.41, 5.74) is 1.11. The van der Waals surface area contributed by atoms with Gasteiger partial charge in [-0.05, 0) is 37.0 Å². The van der Waals surface area contributed by atoms with Gasteiger partial charge in [-0.25, -0.2) is 4.79 Å². The van der Waals surface area contributed by atoms with Crippen molar-refractivity contribution in [3.8, 4) is 5.75 Å². The van der Waals surface area contributed by atoms with Crippen LogP contribution in [0.3, 0.4) is 0 Å². The normalized spacial score (nSPS) is 12.2. The van der Waals surface area contributed by atoms with Crippen molar-refractivity contribution in [1.82, 2.24) is 0 Å². The third-order valence-corrected chi connectivity index (χ3v) is 5.97. The molecule has 0 aliphatic heterocycles. The van der Waals surface area contributed by atoms with E-state index in [0.29, 0.717) is 17.7 Å². The average Bonchev–Trinajstić information content (AvgIpc) is 3.11. The molecule has 27 heavy (non-hydrogen) atoms. The van der Waals surface area contributed by atoms with Gasteiger partial charge in [-0.3, -0.25) is 0 Å². The zero-order valence-corrected chi connectivity index (χ0v) is 16.7. The van der Waals surface area contributed by atoms with Crippen LogP contribution < -0.4 is 5.63 Å². The number of thiophene rings is 1. The fourth-order valence-corrected chi connectivity index (χ4v) is 4.44. The van der Waals surface area contributed by atoms with Crippen molar-refractivity contribution in [3.05, 3.63) is 85.6 Å². The van der Waals surface area contributed by atoms with Crippen molar-refractivity contribution >= 4 is 11.3 Å². The maximum absolute atomic E-state index is 12.5. The van der Waals surface area contributed by atoms with E-state index in [9.17, 15) is 9.90 Å². The molecule has 0 bridgehead atoms. The van der Waals surface area contributed by atoms with E-state index in [4.69, 9.17) is 4.42 Å². The van der Waals surface area contributed by atoms with Crippen LogP contribution in [0.1, 0.15) is 59.2 Å². The molecule has 1 N–H and O–H groups in total. The first-order valence-electron chi connectivity index (χ1n) is 9.58. The molecule has 3 aromatic rings. The molecule has 142 valence electrons. The summed E-state index contributed by atoms with van der Waals surface area (Å²) >= 11 is 1.69. The molecule has 3 nitrogen and oxygen atoms in total. The first kappa shape index (κ1) is 19.4. The highest BCUT2D eigenvalue weighted by Gasteiger charge is 2.19. The fraction of sp³-hybridized carbons (Fsp3) is 0.348. The van der Waals surface area contributed by atoms with Crippen molar-refractivity contribution in [2.45, 2.75) is 51.9 Å². The highest BCUT2D eigenvalue weighted by molar-refractivity contribution is 7.12. The Balaban J connectivity index is 1.81. The molecule has 0 fully saturated rings. The summed E-state index contributed by atoms with van der Waals surface area (Å²) in [7, 11) is 0. The van der Waals surface area contributed by atoms with Crippen LogP contribution in [0.15, 0.2) is 57.7 Å². The number of aromatic hydroxyl groups is 1. The topological polar surface area (TPSA) is 50.4 Å². The Morgan fingerprint density at radius 3 is 2.48 bits per heavy atom. The van der Waals surface area contributed by atoms with Crippen LogP contribution in [0.2, 0.25) is 0 Å². The Bertz CT molecular complexity index is 924. The third-order valence-electron chi connectivity index (χ3n) is 4.83. The van der Waals surface area contributed by atoms with E-state index in [1.807, 2.05) is 24.3 Å². The van der Waals surface area contributed by atoms with Gasteiger partial charge in [0.05, 0.1) is 5.56 Å². The minimum absolute atomic E-state index is 0.0400. The van der Waals surface area contributed by atoms with Crippen LogP contribution in [-0.2, 0) is 19.3 Å². The lowest BCUT2D eigenvalue weighted by Gasteiger charge is -2.15. The van der Waals surface area contributed by atoms with E-state index >= 15 is 0 Å². The molecular weight excluding hydrogens is 356 g/mol. The Labute approximate surface area is 164 Å². The van der Waals surface area contributed by atoms with Crippen LogP contribution in [0.5, 0.6) is 5.75 Å². The Hall–Kier alpha value is -2.33. The lowest BCUT2D eigenvalue weighted by atomic mass is 9.94. The molecule has 4 heteroatoms. The average molecular weight is 383 g/mol. The standard InChI is InChI=1S/C23H26O3S/c1-3-8-18-11-12-19(27-18)14-20-21(24)15-22(26-23(20)25)17(4-2)13-16-9-6-5-7-10-16/h5-7,9-12,15,17,24H,3-4,8,13-14H2,1-2H3. The molecule has 0 amide bonds. The summed E-state index contributed by atoms with van der Waals surface area (Å²) in [6, 6.07) is 15.9. The van der Waals surface area contributed by atoms with Crippen molar-refractivity contribution in [2.75, 3.05) is 0 Å². The predicted molar refractivity (Wildman–Crippen MR) is 111 cm³/mol. The molecule has 0 saturated heterocycles. The van der Waals surface area contributed by atoms with Gasteiger partial charge in [-0.15, -0.1) is 11.3 Å². The van der Waals surface area contributed by atoms with Gasteiger partial charge in [0.25, 0.3) is 0 Å². The van der Waals surface area contributed by atoms with E-state index in [2.05, 4.69) is 32.0 Å². The zero-order chi connectivity index (χ0) is 19.2. The number of benzene rings is 1. The quantitative estimate of drug-likeness (QED) is 0.545. The highest BCUT2D eigenvalue weighted by Crippen LogP contribution is 2.29. The van der Waals surface area contributed by atoms with Gasteiger partial charge in [-0.1, -0.05) is 50.6 Å². The van der Waals surface area contributed by atoms with Crippen molar-refractivity contribution in [3.63, 3.8) is 0 Å². The summed E-state index contributed by atoms with van der Waals surface area (Å²) in [5, 5.41) is 10.5. The summed E-state index contributed by atoms with van der Waals surface area (Å²) in [5.74, 6) is 0.668. The molecule has 1 unspecified atom stereocenters. The van der Waals surface area contributed by atoms with Crippen LogP contribution in [0.25, 0.3) is 0 Å². The lowest BCUT2D eigenvalue weighted by Crippen LogP contribution is -2.12. The highest BCUT2D eigenvalue weighted by atomic mass is 32.1. The molecule has 2 heterocycles. The first-order valence-corrected chi connectivity index (χ1v) is 10.4. The number of hydrogen-bond donors (Lipinski definition) is 1. The maximum Gasteiger partial charge on any atom is 0.343 e. The van der Waals surface area contributed by atoms with Crippen LogP contribution in [-0.4, -0.2) is 5.11 Å². The zero-order valence-electron chi connectivity index (χ0n) is 15.9. The summed E-state index contributed by atoms with van der Waals surface area (Å²) in [6.45, 7) is 4.22. The first-order chi connectivity index (χ1) is 13.1. The lowest BCUT2D eigenvalue weighted by molar-refractivity contribution is 0.387. The van der Waals surface area contributed by atoms with Gasteiger partial charge in [0.2, 0.25) is 0 Å². The van der Waals surface area contributed by atoms with Crippen LogP contribution >= 0.6 is 11.3 Å². The Morgan fingerprint density at radius 2 is 1.81 bits per heavy atom. The van der Waals surface area contributed by atoms with Crippen molar-refractivity contribution < 1.29 is 9.52 Å². The molecule has 0 aliphatic rings. The van der Waals surface area contributed by atoms with Gasteiger partial charge < -0.3 is 9.52 Å². The van der Waals surface area contributed by atoms with E-state index in [-0.39, 0.29) is 11.7 Å². The third kappa shape index (κ3) is 4.89. The second kappa shape index (κ2) is 9.05. The Morgan fingerprint density at radius 1 is 1.07 bits per heavy atom. The largest absolute Gasteiger partial charge is 0.507 e. The molecule has 0 saturated carbocycles. The molecule has 0 radical (unpaired) electrons. The second-order valence-electron chi connectivity index (χ2n) is 6.89. The predicted octanol–water partition coefficient (Wildman–Crippen LogP) is 5.69. The molecule has 0 aliphatic carbocycles. The van der Waals surface area contributed by atoms with E-state index in [1.54, 1.807) is 17.4 Å². The van der Waals surface area contributed by atoms with Gasteiger partial charge in [0.15, 0.2) is 0 Å². The summed E-state index contributed by atoms with van der Waals surface area (Å²) < 4.78 is 5.63. The van der Waals surface area contributed by atoms with Crippen LogP contribution in [0, 0.1) is 0 Å². The van der Waals surface area contributed by atoms with E-state index in [1.165, 1.54) is 10.4 Å². The summed E-state index contributed by atoms with van der Waals surface area (Å²) in [4.78, 5) is 14.9. The maximum atomic E-state index is 12.5. The molecule has 1 aromatic carbocycles. The van der Waals surface area contributed by atoms with Gasteiger partial charge in [0.1, 0.15) is 11.5 Å². The van der Waals surface area contributed by atoms with Gasteiger partial charge in [-0.2, -0.15) is 0 Å². The SMILES string of the molecule is CCCc1ccc(Cc2c(O)cc(C(CC)Cc3ccccc3)oc2=O)s1. The molecule has 3 rings (SSSR count). The van der Waals surface area contributed by atoms with Crippen molar-refractivity contribution in [2.24, 2.45) is 0 Å². The summed E-state index contributed by atoms with van der Waals surface area (Å²) in [6.07, 6.45) is 4.17. The van der Waals surface area contributed by atoms with E-state index in [0.717, 1.165) is 30.6 Å². The molecular formula is C23H26O3S. The minimum Gasteiger partial charge on any atom is -0.507 e. The van der Waals surface area contributed by atoms with E-state index < -0.39 is 5.63 Å². The molecule has 0 spiro atoms. The second-order valence-corrected chi connectivity index (χ2v) is 8.14. The fourth-order valence-electron chi connectivity index (χ4n) is 3.31. The monoisotopic (exact) mass is 382 g/mol. The molecule has 1 atom stereocenters. The number of aryl methyl sites for hydroxylation is 1. The Kier molecular flexibility index (Phi) is 6.51. The van der Waals surface area contributed by atoms with Crippen LogP contribution in [0.4, 0.5) is 0 Å². The molecule has 2 aromatic heterocycles. The smallest absolute Gasteiger partial charge is 0.343 e. The van der Waals surface area contributed by atoms with Gasteiger partial charge in [0, 0.05) is 28.2 Å². The minimum atomic E-state index is -0.429. The van der Waals surface area contributed by atoms with Gasteiger partial charge >= 0.3 is 5.63 Å². The number of rotatable bonds is 8. The number of hydrogen-bond acceptors (Lipinski definition) is 4.